The van der Waals surface area contributed by atoms with Crippen LogP contribution in [0.25, 0.3) is 5.69 Å². The van der Waals surface area contributed by atoms with Gasteiger partial charge in [0.1, 0.15) is 0 Å². The normalized spacial score (nSPS) is 10.3. The van der Waals surface area contributed by atoms with Gasteiger partial charge in [-0.05, 0) is 12.1 Å². The molecule has 0 aliphatic carbocycles. The van der Waals surface area contributed by atoms with E-state index in [0.29, 0.717) is 11.4 Å². The summed E-state index contributed by atoms with van der Waals surface area (Å²) in [7, 11) is 1.57. The number of hydrogen-bond acceptors (Lipinski definition) is 3. The number of aliphatic hydroxyl groups is 1. The zero-order valence-electron chi connectivity index (χ0n) is 8.42. The fourth-order valence-electron chi connectivity index (χ4n) is 1.45. The number of methoxy groups -OCH3 is 1. The van der Waals surface area contributed by atoms with E-state index >= 15 is 0 Å². The zero-order valence-corrected chi connectivity index (χ0v) is 8.42. The molecule has 1 N–H and O–H groups in total. The molecule has 1 aromatic carbocycles. The van der Waals surface area contributed by atoms with E-state index in [9.17, 15) is 0 Å². The van der Waals surface area contributed by atoms with E-state index in [1.165, 1.54) is 0 Å². The Morgan fingerprint density at radius 1 is 1.33 bits per heavy atom. The lowest BCUT2D eigenvalue weighted by Gasteiger charge is -2.06. The molecule has 0 spiro atoms. The van der Waals surface area contributed by atoms with Gasteiger partial charge in [-0.1, -0.05) is 18.2 Å². The second-order valence-corrected chi connectivity index (χ2v) is 3.08. The number of benzene rings is 1. The summed E-state index contributed by atoms with van der Waals surface area (Å²) in [6.45, 7) is -0.0734. The molecule has 0 saturated heterocycles. The number of aromatic nitrogens is 2. The van der Waals surface area contributed by atoms with Crippen LogP contribution in [-0.2, 0) is 6.61 Å². The van der Waals surface area contributed by atoms with Crippen molar-refractivity contribution in [2.45, 2.75) is 6.61 Å². The zero-order chi connectivity index (χ0) is 10.7. The lowest BCUT2D eigenvalue weighted by Crippen LogP contribution is -2.00. The van der Waals surface area contributed by atoms with Crippen LogP contribution in [0.15, 0.2) is 36.5 Å². The number of rotatable bonds is 3. The van der Waals surface area contributed by atoms with Crippen molar-refractivity contribution in [3.63, 3.8) is 0 Å². The molecule has 0 fully saturated rings. The third kappa shape index (κ3) is 1.71. The molecule has 1 heterocycles. The van der Waals surface area contributed by atoms with Crippen molar-refractivity contribution in [1.82, 2.24) is 9.78 Å². The fraction of sp³-hybridized carbons (Fsp3) is 0.182. The van der Waals surface area contributed by atoms with Crippen molar-refractivity contribution < 1.29 is 9.84 Å². The monoisotopic (exact) mass is 204 g/mol. The van der Waals surface area contributed by atoms with E-state index in [0.717, 1.165) is 5.69 Å². The Morgan fingerprint density at radius 3 is 2.67 bits per heavy atom. The molecule has 78 valence electrons. The standard InChI is InChI=1S/C11H12N2O2/c1-15-11-9(8-14)7-12-13(11)10-5-3-2-4-6-10/h2-7,14H,8H2,1H3. The van der Waals surface area contributed by atoms with Crippen molar-refractivity contribution in [1.29, 1.82) is 0 Å². The molecule has 0 amide bonds. The molecule has 0 saturated carbocycles. The second-order valence-electron chi connectivity index (χ2n) is 3.08. The van der Waals surface area contributed by atoms with Gasteiger partial charge >= 0.3 is 0 Å². The van der Waals surface area contributed by atoms with Gasteiger partial charge < -0.3 is 9.84 Å². The average Bonchev–Trinajstić information content (AvgIpc) is 2.72. The third-order valence-electron chi connectivity index (χ3n) is 2.16. The van der Waals surface area contributed by atoms with Crippen LogP contribution in [0.2, 0.25) is 0 Å². The maximum absolute atomic E-state index is 9.08. The van der Waals surface area contributed by atoms with Gasteiger partial charge in [0.15, 0.2) is 0 Å². The van der Waals surface area contributed by atoms with E-state index in [2.05, 4.69) is 5.10 Å². The Balaban J connectivity index is 2.49. The van der Waals surface area contributed by atoms with Gasteiger partial charge in [0.25, 0.3) is 0 Å². The lowest BCUT2D eigenvalue weighted by atomic mass is 10.3. The minimum atomic E-state index is -0.0734. The van der Waals surface area contributed by atoms with Gasteiger partial charge in [-0.25, -0.2) is 4.68 Å². The van der Waals surface area contributed by atoms with Crippen LogP contribution in [0.4, 0.5) is 0 Å². The molecule has 0 aliphatic heterocycles. The summed E-state index contributed by atoms with van der Waals surface area (Å²) < 4.78 is 6.86. The summed E-state index contributed by atoms with van der Waals surface area (Å²) in [5.41, 5.74) is 1.59. The van der Waals surface area contributed by atoms with Crippen molar-refractivity contribution >= 4 is 0 Å². The Morgan fingerprint density at radius 2 is 2.07 bits per heavy atom. The summed E-state index contributed by atoms with van der Waals surface area (Å²) in [6.07, 6.45) is 1.60. The summed E-state index contributed by atoms with van der Waals surface area (Å²) in [5, 5.41) is 13.2. The molecular weight excluding hydrogens is 192 g/mol. The maximum atomic E-state index is 9.08. The molecule has 0 unspecified atom stereocenters. The Labute approximate surface area is 87.7 Å². The maximum Gasteiger partial charge on any atom is 0.222 e. The minimum Gasteiger partial charge on any atom is -0.481 e. The van der Waals surface area contributed by atoms with Gasteiger partial charge in [0.05, 0.1) is 31.2 Å². The number of aliphatic hydroxyl groups excluding tert-OH is 1. The minimum absolute atomic E-state index is 0.0734. The number of nitrogens with zero attached hydrogens (tertiary/aromatic N) is 2. The largest absolute Gasteiger partial charge is 0.481 e. The van der Waals surface area contributed by atoms with Gasteiger partial charge in [0.2, 0.25) is 5.88 Å². The van der Waals surface area contributed by atoms with Gasteiger partial charge in [0, 0.05) is 0 Å². The van der Waals surface area contributed by atoms with Gasteiger partial charge in [-0.15, -0.1) is 0 Å². The molecule has 0 aliphatic rings. The number of ether oxygens (including phenoxy) is 1. The highest BCUT2D eigenvalue weighted by Crippen LogP contribution is 2.21. The second kappa shape index (κ2) is 4.14. The molecule has 1 aromatic heterocycles. The topological polar surface area (TPSA) is 47.3 Å². The molecule has 0 atom stereocenters. The predicted octanol–water partition coefficient (Wildman–Crippen LogP) is 1.37. The van der Waals surface area contributed by atoms with Crippen LogP contribution in [0.1, 0.15) is 5.56 Å². The van der Waals surface area contributed by atoms with Gasteiger partial charge in [-0.2, -0.15) is 5.10 Å². The Bertz CT molecular complexity index is 437. The van der Waals surface area contributed by atoms with Crippen molar-refractivity contribution in [2.75, 3.05) is 7.11 Å². The molecule has 2 aromatic rings. The van der Waals surface area contributed by atoms with Crippen molar-refractivity contribution in [3.8, 4) is 11.6 Å². The quantitative estimate of drug-likeness (QED) is 0.821. The van der Waals surface area contributed by atoms with Crippen molar-refractivity contribution in [2.24, 2.45) is 0 Å². The van der Waals surface area contributed by atoms with E-state index in [-0.39, 0.29) is 6.61 Å². The van der Waals surface area contributed by atoms with Crippen LogP contribution in [0.5, 0.6) is 5.88 Å². The fourth-order valence-corrected chi connectivity index (χ4v) is 1.45. The molecule has 0 radical (unpaired) electrons. The number of para-hydroxylation sites is 1. The molecule has 4 nitrogen and oxygen atoms in total. The highest BCUT2D eigenvalue weighted by atomic mass is 16.5. The van der Waals surface area contributed by atoms with E-state index in [4.69, 9.17) is 9.84 Å². The van der Waals surface area contributed by atoms with Crippen LogP contribution < -0.4 is 4.74 Å². The molecule has 2 rings (SSSR count). The summed E-state index contributed by atoms with van der Waals surface area (Å²) in [5.74, 6) is 0.573. The van der Waals surface area contributed by atoms with Crippen LogP contribution >= 0.6 is 0 Å². The van der Waals surface area contributed by atoms with Crippen LogP contribution in [0, 0.1) is 0 Å². The summed E-state index contributed by atoms with van der Waals surface area (Å²) >= 11 is 0. The average molecular weight is 204 g/mol. The Hall–Kier alpha value is -1.81. The highest BCUT2D eigenvalue weighted by molar-refractivity contribution is 5.37. The first-order valence-corrected chi connectivity index (χ1v) is 4.64. The smallest absolute Gasteiger partial charge is 0.222 e. The van der Waals surface area contributed by atoms with Crippen molar-refractivity contribution in [3.05, 3.63) is 42.1 Å². The lowest BCUT2D eigenvalue weighted by molar-refractivity contribution is 0.272. The SMILES string of the molecule is COc1c(CO)cnn1-c1ccccc1. The summed E-state index contributed by atoms with van der Waals surface area (Å²) in [6, 6.07) is 9.64. The number of hydrogen-bond donors (Lipinski definition) is 1. The molecule has 4 heteroatoms. The first-order valence-electron chi connectivity index (χ1n) is 4.64. The van der Waals surface area contributed by atoms with E-state index in [1.54, 1.807) is 18.0 Å². The molecule has 15 heavy (non-hydrogen) atoms. The van der Waals surface area contributed by atoms with Gasteiger partial charge in [-0.3, -0.25) is 0 Å². The summed E-state index contributed by atoms with van der Waals surface area (Å²) in [4.78, 5) is 0. The predicted molar refractivity (Wildman–Crippen MR) is 56.0 cm³/mol. The van der Waals surface area contributed by atoms with E-state index < -0.39 is 0 Å². The Kier molecular flexibility index (Phi) is 2.69. The highest BCUT2D eigenvalue weighted by Gasteiger charge is 2.11. The molecule has 0 bridgehead atoms. The first kappa shape index (κ1) is 9.73. The molecular formula is C11H12N2O2. The van der Waals surface area contributed by atoms with Crippen LogP contribution in [0.3, 0.4) is 0 Å². The van der Waals surface area contributed by atoms with Crippen LogP contribution in [-0.4, -0.2) is 22.0 Å². The third-order valence-corrected chi connectivity index (χ3v) is 2.16. The van der Waals surface area contributed by atoms with E-state index in [1.807, 2.05) is 30.3 Å². The first-order chi connectivity index (χ1) is 7.36.